The van der Waals surface area contributed by atoms with Crippen LogP contribution in [0, 0.1) is 5.82 Å². The second-order valence-corrected chi connectivity index (χ2v) is 10.5. The summed E-state index contributed by atoms with van der Waals surface area (Å²) >= 11 is 0. The van der Waals surface area contributed by atoms with Gasteiger partial charge in [0.05, 0.1) is 25.3 Å². The normalized spacial score (nSPS) is 15.7. The zero-order valence-corrected chi connectivity index (χ0v) is 25.0. The highest BCUT2D eigenvalue weighted by Gasteiger charge is 2.37. The minimum Gasteiger partial charge on any atom is -0.496 e. The van der Waals surface area contributed by atoms with Crippen LogP contribution in [0.5, 0.6) is 5.75 Å². The van der Waals surface area contributed by atoms with Crippen LogP contribution < -0.4 is 15.4 Å². The number of hydrogen-bond donors (Lipinski definition) is 2. The van der Waals surface area contributed by atoms with Crippen LogP contribution in [0.1, 0.15) is 55.7 Å². The van der Waals surface area contributed by atoms with Gasteiger partial charge in [-0.1, -0.05) is 44.7 Å². The van der Waals surface area contributed by atoms with E-state index in [2.05, 4.69) is 17.2 Å². The van der Waals surface area contributed by atoms with E-state index in [0.717, 1.165) is 17.7 Å². The van der Waals surface area contributed by atoms with Gasteiger partial charge in [-0.25, -0.2) is 9.18 Å². The van der Waals surface area contributed by atoms with Crippen molar-refractivity contribution >= 4 is 17.6 Å². The lowest BCUT2D eigenvalue weighted by Crippen LogP contribution is -2.53. The molecule has 0 aromatic heterocycles. The van der Waals surface area contributed by atoms with Crippen LogP contribution in [0.4, 0.5) is 22.4 Å². The van der Waals surface area contributed by atoms with Crippen molar-refractivity contribution < 1.29 is 31.9 Å². The number of likely N-dealkylation sites (N-methyl/N-ethyl adjacent to an activating group) is 1. The quantitative estimate of drug-likeness (QED) is 0.237. The number of carbonyl (C=O) groups is 2. The minimum absolute atomic E-state index is 0.0729. The van der Waals surface area contributed by atoms with Crippen molar-refractivity contribution in [3.05, 3.63) is 83.7 Å². The number of ether oxygens (including phenoxy) is 1. The largest absolute Gasteiger partial charge is 0.496 e. The summed E-state index contributed by atoms with van der Waals surface area (Å²) < 4.78 is 59.6. The third-order valence-electron chi connectivity index (χ3n) is 7.58. The Morgan fingerprint density at radius 1 is 1.16 bits per heavy atom. The molecule has 2 atom stereocenters. The first-order valence-corrected chi connectivity index (χ1v) is 14.3. The van der Waals surface area contributed by atoms with Crippen LogP contribution in [-0.4, -0.2) is 67.6 Å². The zero-order chi connectivity index (χ0) is 31.7. The van der Waals surface area contributed by atoms with Crippen LogP contribution in [0.25, 0.3) is 5.70 Å². The number of piperidine rings is 1. The van der Waals surface area contributed by atoms with E-state index >= 15 is 0 Å². The van der Waals surface area contributed by atoms with Crippen molar-refractivity contribution in [2.75, 3.05) is 33.8 Å². The number of rotatable bonds is 11. The monoisotopic (exact) mass is 604 g/mol. The van der Waals surface area contributed by atoms with Gasteiger partial charge < -0.3 is 20.3 Å². The van der Waals surface area contributed by atoms with Crippen LogP contribution in [0.2, 0.25) is 0 Å². The highest BCUT2D eigenvalue weighted by molar-refractivity contribution is 5.87. The Hall–Kier alpha value is -3.86. The Labute approximate surface area is 250 Å². The van der Waals surface area contributed by atoms with Gasteiger partial charge in [0.1, 0.15) is 11.6 Å². The molecule has 1 aliphatic heterocycles. The Bertz CT molecular complexity index is 1290. The van der Waals surface area contributed by atoms with Crippen molar-refractivity contribution in [2.24, 2.45) is 0 Å². The second kappa shape index (κ2) is 15.0. The molecule has 2 aromatic rings. The van der Waals surface area contributed by atoms with E-state index in [-0.39, 0.29) is 47.5 Å². The lowest BCUT2D eigenvalue weighted by molar-refractivity contribution is -0.137. The van der Waals surface area contributed by atoms with Gasteiger partial charge >= 0.3 is 12.2 Å². The van der Waals surface area contributed by atoms with Crippen LogP contribution in [0.3, 0.4) is 0 Å². The number of benzene rings is 2. The van der Waals surface area contributed by atoms with Crippen molar-refractivity contribution in [1.29, 1.82) is 0 Å². The Morgan fingerprint density at radius 2 is 1.81 bits per heavy atom. The molecule has 1 saturated heterocycles. The number of amides is 3. The van der Waals surface area contributed by atoms with Gasteiger partial charge in [-0.2, -0.15) is 13.2 Å². The van der Waals surface area contributed by atoms with Crippen molar-refractivity contribution in [2.45, 2.75) is 57.3 Å². The SMILES string of the molecule is C=C(c1ccc(C(F)(F)F)cc1OC)N(C(=O)N1CCC(NC(=O)CNC)CC1)C(/C=C/CC)C(C)c1ccc(F)cc1. The van der Waals surface area contributed by atoms with Gasteiger partial charge in [-0.05, 0) is 62.2 Å². The maximum atomic E-state index is 14.3. The molecule has 234 valence electrons. The van der Waals surface area contributed by atoms with Gasteiger partial charge in [0.15, 0.2) is 0 Å². The summed E-state index contributed by atoms with van der Waals surface area (Å²) in [5, 5.41) is 5.78. The summed E-state index contributed by atoms with van der Waals surface area (Å²) in [5.74, 6) is -0.943. The van der Waals surface area contributed by atoms with Crippen molar-refractivity contribution in [3.63, 3.8) is 0 Å². The molecule has 3 amide bonds. The third kappa shape index (κ3) is 8.59. The van der Waals surface area contributed by atoms with E-state index in [9.17, 15) is 27.2 Å². The summed E-state index contributed by atoms with van der Waals surface area (Å²) in [5.41, 5.74) is 0.283. The molecule has 2 N–H and O–H groups in total. The van der Waals surface area contributed by atoms with E-state index in [4.69, 9.17) is 4.74 Å². The number of nitrogens with zero attached hydrogens (tertiary/aromatic N) is 2. The van der Waals surface area contributed by atoms with Gasteiger partial charge in [0.2, 0.25) is 5.91 Å². The first-order chi connectivity index (χ1) is 20.4. The molecular weight excluding hydrogens is 564 g/mol. The predicted molar refractivity (Wildman–Crippen MR) is 159 cm³/mol. The maximum absolute atomic E-state index is 14.3. The fourth-order valence-electron chi connectivity index (χ4n) is 5.18. The van der Waals surface area contributed by atoms with Crippen LogP contribution in [0.15, 0.2) is 61.2 Å². The van der Waals surface area contributed by atoms with Crippen molar-refractivity contribution in [1.82, 2.24) is 20.4 Å². The number of urea groups is 1. The van der Waals surface area contributed by atoms with E-state index < -0.39 is 23.6 Å². The molecule has 1 aliphatic rings. The topological polar surface area (TPSA) is 73.9 Å². The molecule has 2 unspecified atom stereocenters. The number of carbonyl (C=O) groups excluding carboxylic acids is 2. The fourth-order valence-corrected chi connectivity index (χ4v) is 5.18. The number of methoxy groups -OCH3 is 1. The van der Waals surface area contributed by atoms with E-state index in [1.165, 1.54) is 30.2 Å². The van der Waals surface area contributed by atoms with Gasteiger partial charge in [0, 0.05) is 36.3 Å². The molecule has 2 aromatic carbocycles. The Morgan fingerprint density at radius 3 is 2.37 bits per heavy atom. The summed E-state index contributed by atoms with van der Waals surface area (Å²) in [6.45, 7) is 8.94. The third-order valence-corrected chi connectivity index (χ3v) is 7.58. The molecule has 0 spiro atoms. The van der Waals surface area contributed by atoms with Crippen LogP contribution >= 0.6 is 0 Å². The standard InChI is InChI=1S/C32H40F4N4O3/c1-6-7-8-28(21(2)23-9-12-25(33)13-10-23)40(22(3)27-14-11-24(32(34,35)36)19-29(27)43-5)31(42)39-17-15-26(16-18-39)38-30(41)20-37-4/h7-14,19,21,26,28,37H,3,6,15-18,20H2,1-2,4-5H3,(H,38,41)/b8-7+. The lowest BCUT2D eigenvalue weighted by atomic mass is 9.90. The summed E-state index contributed by atoms with van der Waals surface area (Å²) in [6, 6.07) is 7.98. The molecule has 1 fully saturated rings. The molecule has 7 nitrogen and oxygen atoms in total. The molecule has 1 heterocycles. The minimum atomic E-state index is -4.58. The van der Waals surface area contributed by atoms with Crippen LogP contribution in [-0.2, 0) is 11.0 Å². The van der Waals surface area contributed by atoms with Gasteiger partial charge in [-0.3, -0.25) is 9.69 Å². The number of hydrogen-bond acceptors (Lipinski definition) is 4. The average Bonchev–Trinajstić information content (AvgIpc) is 2.98. The molecule has 0 bridgehead atoms. The number of likely N-dealkylation sites (tertiary alicyclic amines) is 1. The number of alkyl halides is 3. The average molecular weight is 605 g/mol. The van der Waals surface area contributed by atoms with Crippen molar-refractivity contribution in [3.8, 4) is 5.75 Å². The summed E-state index contributed by atoms with van der Waals surface area (Å²) in [4.78, 5) is 29.6. The molecular formula is C32H40F4N4O3. The first kappa shape index (κ1) is 33.6. The van der Waals surface area contributed by atoms with E-state index in [1.807, 2.05) is 26.0 Å². The smallest absolute Gasteiger partial charge is 0.416 e. The molecule has 0 saturated carbocycles. The highest BCUT2D eigenvalue weighted by Crippen LogP contribution is 2.38. The molecule has 3 rings (SSSR count). The summed E-state index contributed by atoms with van der Waals surface area (Å²) in [6.07, 6.45) is 0.938. The lowest BCUT2D eigenvalue weighted by Gasteiger charge is -2.41. The molecule has 43 heavy (non-hydrogen) atoms. The zero-order valence-electron chi connectivity index (χ0n) is 25.0. The second-order valence-electron chi connectivity index (χ2n) is 10.5. The summed E-state index contributed by atoms with van der Waals surface area (Å²) in [7, 11) is 2.95. The van der Waals surface area contributed by atoms with E-state index in [1.54, 1.807) is 24.1 Å². The number of allylic oxidation sites excluding steroid dienone is 1. The van der Waals surface area contributed by atoms with Gasteiger partial charge in [0.25, 0.3) is 0 Å². The highest BCUT2D eigenvalue weighted by atomic mass is 19.4. The maximum Gasteiger partial charge on any atom is 0.416 e. The predicted octanol–water partition coefficient (Wildman–Crippen LogP) is 6.18. The molecule has 0 radical (unpaired) electrons. The molecule has 0 aliphatic carbocycles. The number of halogens is 4. The van der Waals surface area contributed by atoms with Gasteiger partial charge in [-0.15, -0.1) is 0 Å². The number of nitrogens with one attached hydrogen (secondary N) is 2. The Balaban J connectivity index is 2.03. The Kier molecular flexibility index (Phi) is 11.8. The first-order valence-electron chi connectivity index (χ1n) is 14.3. The fraction of sp³-hybridized carbons (Fsp3) is 0.438. The van der Waals surface area contributed by atoms with E-state index in [0.29, 0.717) is 32.4 Å². The molecule has 11 heteroatoms.